The van der Waals surface area contributed by atoms with Crippen molar-refractivity contribution in [3.63, 3.8) is 0 Å². The fraction of sp³-hybridized carbons (Fsp3) is 0.625. The van der Waals surface area contributed by atoms with Gasteiger partial charge in [0.1, 0.15) is 5.82 Å². The van der Waals surface area contributed by atoms with Crippen molar-refractivity contribution in [1.82, 2.24) is 9.88 Å². The van der Waals surface area contributed by atoms with Crippen molar-refractivity contribution in [3.8, 4) is 0 Å². The van der Waals surface area contributed by atoms with Gasteiger partial charge in [-0.3, -0.25) is 4.79 Å². The van der Waals surface area contributed by atoms with Crippen molar-refractivity contribution < 1.29 is 4.79 Å². The van der Waals surface area contributed by atoms with Crippen molar-refractivity contribution in [2.75, 3.05) is 25.0 Å². The zero-order valence-electron chi connectivity index (χ0n) is 12.8. The van der Waals surface area contributed by atoms with Crippen LogP contribution in [-0.2, 0) is 0 Å². The van der Waals surface area contributed by atoms with Gasteiger partial charge in [-0.2, -0.15) is 0 Å². The molecular formula is C16H25N3O. The molecule has 0 radical (unpaired) electrons. The maximum atomic E-state index is 12.5. The van der Waals surface area contributed by atoms with E-state index in [1.807, 2.05) is 17.0 Å². The van der Waals surface area contributed by atoms with Crippen molar-refractivity contribution in [3.05, 3.63) is 23.4 Å². The summed E-state index contributed by atoms with van der Waals surface area (Å²) in [6, 6.07) is 3.84. The van der Waals surface area contributed by atoms with Crippen LogP contribution >= 0.6 is 0 Å². The molecule has 4 nitrogen and oxygen atoms in total. The van der Waals surface area contributed by atoms with Crippen LogP contribution in [0.15, 0.2) is 12.1 Å². The molecule has 2 rings (SSSR count). The Balaban J connectivity index is 2.25. The van der Waals surface area contributed by atoms with Gasteiger partial charge in [-0.15, -0.1) is 0 Å². The summed E-state index contributed by atoms with van der Waals surface area (Å²) in [6.45, 7) is 8.99. The summed E-state index contributed by atoms with van der Waals surface area (Å²) in [4.78, 5) is 19.1. The van der Waals surface area contributed by atoms with Crippen molar-refractivity contribution in [2.45, 2.75) is 46.0 Å². The summed E-state index contributed by atoms with van der Waals surface area (Å²) < 4.78 is 0. The second-order valence-corrected chi connectivity index (χ2v) is 5.75. The van der Waals surface area contributed by atoms with Gasteiger partial charge in [0.2, 0.25) is 0 Å². The predicted octanol–water partition coefficient (Wildman–Crippen LogP) is 3.26. The lowest BCUT2D eigenvalue weighted by Gasteiger charge is -2.17. The molecule has 0 saturated carbocycles. The maximum Gasteiger partial charge on any atom is 0.254 e. The summed E-state index contributed by atoms with van der Waals surface area (Å²) in [7, 11) is 0. The SMILES string of the molecule is CCCNc1cc(C(=O)N2CCCC2)cc(C(C)C)n1. The van der Waals surface area contributed by atoms with Gasteiger partial charge >= 0.3 is 0 Å². The first-order chi connectivity index (χ1) is 9.61. The van der Waals surface area contributed by atoms with Crippen LogP contribution in [0.5, 0.6) is 0 Å². The van der Waals surface area contributed by atoms with Gasteiger partial charge in [0.25, 0.3) is 5.91 Å². The minimum Gasteiger partial charge on any atom is -0.370 e. The molecule has 0 aliphatic carbocycles. The largest absolute Gasteiger partial charge is 0.370 e. The number of carbonyl (C=O) groups excluding carboxylic acids is 1. The predicted molar refractivity (Wildman–Crippen MR) is 82.2 cm³/mol. The molecule has 2 heterocycles. The zero-order valence-corrected chi connectivity index (χ0v) is 12.8. The molecule has 4 heteroatoms. The van der Waals surface area contributed by atoms with Gasteiger partial charge < -0.3 is 10.2 Å². The number of hydrogen-bond donors (Lipinski definition) is 1. The van der Waals surface area contributed by atoms with E-state index in [1.165, 1.54) is 0 Å². The molecule has 1 fully saturated rings. The number of likely N-dealkylation sites (tertiary alicyclic amines) is 1. The molecule has 0 spiro atoms. The molecule has 1 N–H and O–H groups in total. The molecule has 0 aromatic carbocycles. The fourth-order valence-corrected chi connectivity index (χ4v) is 2.42. The van der Waals surface area contributed by atoms with E-state index in [2.05, 4.69) is 31.1 Å². The number of amides is 1. The van der Waals surface area contributed by atoms with E-state index in [4.69, 9.17) is 0 Å². The van der Waals surface area contributed by atoms with Crippen molar-refractivity contribution in [2.24, 2.45) is 0 Å². The Bertz CT molecular complexity index is 465. The minimum absolute atomic E-state index is 0.145. The minimum atomic E-state index is 0.145. The van der Waals surface area contributed by atoms with E-state index in [0.29, 0.717) is 5.92 Å². The number of hydrogen-bond acceptors (Lipinski definition) is 3. The van der Waals surface area contributed by atoms with Gasteiger partial charge in [-0.1, -0.05) is 20.8 Å². The zero-order chi connectivity index (χ0) is 14.5. The Morgan fingerprint density at radius 3 is 2.65 bits per heavy atom. The molecule has 20 heavy (non-hydrogen) atoms. The van der Waals surface area contributed by atoms with E-state index in [1.54, 1.807) is 0 Å². The Morgan fingerprint density at radius 1 is 1.35 bits per heavy atom. The Kier molecular flexibility index (Phi) is 4.99. The Morgan fingerprint density at radius 2 is 2.05 bits per heavy atom. The third kappa shape index (κ3) is 3.50. The summed E-state index contributed by atoms with van der Waals surface area (Å²) in [5.74, 6) is 1.29. The molecule has 0 atom stereocenters. The number of carbonyl (C=O) groups is 1. The molecule has 1 amide bonds. The average Bonchev–Trinajstić information content (AvgIpc) is 2.98. The quantitative estimate of drug-likeness (QED) is 0.897. The molecule has 1 saturated heterocycles. The number of nitrogens with zero attached hydrogens (tertiary/aromatic N) is 2. The van der Waals surface area contributed by atoms with E-state index < -0.39 is 0 Å². The van der Waals surface area contributed by atoms with Gasteiger partial charge in [0, 0.05) is 30.9 Å². The highest BCUT2D eigenvalue weighted by atomic mass is 16.2. The highest BCUT2D eigenvalue weighted by molar-refractivity contribution is 5.95. The fourth-order valence-electron chi connectivity index (χ4n) is 2.42. The summed E-state index contributed by atoms with van der Waals surface area (Å²) in [6.07, 6.45) is 3.28. The van der Waals surface area contributed by atoms with Crippen LogP contribution < -0.4 is 5.32 Å². The molecule has 1 aliphatic heterocycles. The highest BCUT2D eigenvalue weighted by Crippen LogP contribution is 2.20. The summed E-state index contributed by atoms with van der Waals surface area (Å²) >= 11 is 0. The average molecular weight is 275 g/mol. The number of aromatic nitrogens is 1. The third-order valence-corrected chi connectivity index (χ3v) is 3.63. The molecule has 0 bridgehead atoms. The van der Waals surface area contributed by atoms with Crippen molar-refractivity contribution >= 4 is 11.7 Å². The smallest absolute Gasteiger partial charge is 0.254 e. The second-order valence-electron chi connectivity index (χ2n) is 5.75. The van der Waals surface area contributed by atoms with E-state index >= 15 is 0 Å². The number of pyridine rings is 1. The van der Waals surface area contributed by atoms with E-state index in [-0.39, 0.29) is 5.91 Å². The maximum absolute atomic E-state index is 12.5. The molecule has 1 aromatic rings. The molecule has 110 valence electrons. The molecular weight excluding hydrogens is 250 g/mol. The van der Waals surface area contributed by atoms with Gasteiger partial charge in [0.15, 0.2) is 0 Å². The molecule has 1 aromatic heterocycles. The third-order valence-electron chi connectivity index (χ3n) is 3.63. The first-order valence-electron chi connectivity index (χ1n) is 7.67. The summed E-state index contributed by atoms with van der Waals surface area (Å²) in [5, 5.41) is 3.29. The second kappa shape index (κ2) is 6.73. The van der Waals surface area contributed by atoms with Crippen LogP contribution in [0.25, 0.3) is 0 Å². The molecule has 0 unspecified atom stereocenters. The number of nitrogens with one attached hydrogen (secondary N) is 1. The standard InChI is InChI=1S/C16H25N3O/c1-4-7-17-15-11-13(10-14(18-15)12(2)3)16(20)19-8-5-6-9-19/h10-12H,4-9H2,1-3H3,(H,17,18). The van der Waals surface area contributed by atoms with Gasteiger partial charge in [0.05, 0.1) is 0 Å². The van der Waals surface area contributed by atoms with Gasteiger partial charge in [-0.25, -0.2) is 4.98 Å². The number of anilines is 1. The lowest BCUT2D eigenvalue weighted by Crippen LogP contribution is -2.28. The van der Waals surface area contributed by atoms with Crippen molar-refractivity contribution in [1.29, 1.82) is 0 Å². The Hall–Kier alpha value is -1.58. The normalized spacial score (nSPS) is 14.9. The van der Waals surface area contributed by atoms with Crippen LogP contribution in [0.4, 0.5) is 5.82 Å². The van der Waals surface area contributed by atoms with Crippen LogP contribution in [0.2, 0.25) is 0 Å². The highest BCUT2D eigenvalue weighted by Gasteiger charge is 2.21. The van der Waals surface area contributed by atoms with Crippen LogP contribution in [0.1, 0.15) is 62.0 Å². The topological polar surface area (TPSA) is 45.2 Å². The van der Waals surface area contributed by atoms with Crippen LogP contribution in [0, 0.1) is 0 Å². The van der Waals surface area contributed by atoms with Crippen LogP contribution in [0.3, 0.4) is 0 Å². The van der Waals surface area contributed by atoms with E-state index in [9.17, 15) is 4.79 Å². The first-order valence-corrected chi connectivity index (χ1v) is 7.67. The lowest BCUT2D eigenvalue weighted by atomic mass is 10.1. The van der Waals surface area contributed by atoms with E-state index in [0.717, 1.165) is 56.0 Å². The molecule has 1 aliphatic rings. The first kappa shape index (κ1) is 14.8. The van der Waals surface area contributed by atoms with Crippen LogP contribution in [-0.4, -0.2) is 35.4 Å². The monoisotopic (exact) mass is 275 g/mol. The van der Waals surface area contributed by atoms with Gasteiger partial charge in [-0.05, 0) is 37.3 Å². The Labute approximate surface area is 121 Å². The summed E-state index contributed by atoms with van der Waals surface area (Å²) in [5.41, 5.74) is 1.75. The lowest BCUT2D eigenvalue weighted by molar-refractivity contribution is 0.0792. The number of rotatable bonds is 5.